The summed E-state index contributed by atoms with van der Waals surface area (Å²) in [4.78, 5) is 35.1. The quantitative estimate of drug-likeness (QED) is 0.760. The lowest BCUT2D eigenvalue weighted by Gasteiger charge is -2.32. The summed E-state index contributed by atoms with van der Waals surface area (Å²) in [6.07, 6.45) is 6.70. The Hall–Kier alpha value is -3.29. The van der Waals surface area contributed by atoms with E-state index in [9.17, 15) is 9.59 Å². The highest BCUT2D eigenvalue weighted by Crippen LogP contribution is 2.28. The molecule has 1 N–H and O–H groups in total. The third-order valence-corrected chi connectivity index (χ3v) is 4.91. The summed E-state index contributed by atoms with van der Waals surface area (Å²) >= 11 is 0. The molecule has 1 aliphatic heterocycles. The van der Waals surface area contributed by atoms with Gasteiger partial charge in [0.25, 0.3) is 11.8 Å². The van der Waals surface area contributed by atoms with Crippen molar-refractivity contribution in [3.8, 4) is 0 Å². The van der Waals surface area contributed by atoms with Gasteiger partial charge < -0.3 is 10.2 Å². The first kappa shape index (κ1) is 17.1. The second-order valence-corrected chi connectivity index (χ2v) is 6.55. The number of nitrogens with zero attached hydrogens (tertiary/aromatic N) is 5. The van der Waals surface area contributed by atoms with Crippen LogP contribution in [0.15, 0.2) is 42.9 Å². The van der Waals surface area contributed by atoms with Gasteiger partial charge >= 0.3 is 0 Å². The fourth-order valence-corrected chi connectivity index (χ4v) is 3.57. The summed E-state index contributed by atoms with van der Waals surface area (Å²) in [5, 5.41) is 6.98. The van der Waals surface area contributed by atoms with E-state index in [1.807, 2.05) is 17.0 Å². The standard InChI is InChI=1S/C19H20N6O2/c1-20-18(26)14-11-23-25-16(7-9-22-17(14)25)13-5-4-10-24(12-13)19(27)15-6-2-3-8-21-15/h2-3,6-9,11,13H,4-5,10,12H2,1H3,(H,20,26)/t13-/m0/s1. The van der Waals surface area contributed by atoms with Gasteiger partial charge in [-0.05, 0) is 31.0 Å². The fraction of sp³-hybridized carbons (Fsp3) is 0.316. The Morgan fingerprint density at radius 1 is 1.19 bits per heavy atom. The molecule has 1 fully saturated rings. The maximum atomic E-state index is 12.7. The molecule has 4 rings (SSSR count). The van der Waals surface area contributed by atoms with E-state index < -0.39 is 0 Å². The Labute approximate surface area is 156 Å². The van der Waals surface area contributed by atoms with Crippen LogP contribution in [-0.2, 0) is 0 Å². The number of fused-ring (bicyclic) bond motifs is 1. The molecule has 1 atom stereocenters. The van der Waals surface area contributed by atoms with Crippen molar-refractivity contribution in [3.63, 3.8) is 0 Å². The lowest BCUT2D eigenvalue weighted by Crippen LogP contribution is -2.39. The van der Waals surface area contributed by atoms with Crippen molar-refractivity contribution < 1.29 is 9.59 Å². The minimum Gasteiger partial charge on any atom is -0.355 e. The second kappa shape index (κ2) is 7.14. The van der Waals surface area contributed by atoms with Gasteiger partial charge in [0, 0.05) is 38.4 Å². The van der Waals surface area contributed by atoms with E-state index in [0.717, 1.165) is 18.5 Å². The van der Waals surface area contributed by atoms with Crippen molar-refractivity contribution in [3.05, 3.63) is 59.8 Å². The first-order valence-electron chi connectivity index (χ1n) is 8.94. The molecule has 1 aliphatic rings. The summed E-state index contributed by atoms with van der Waals surface area (Å²) in [6.45, 7) is 1.30. The van der Waals surface area contributed by atoms with Gasteiger partial charge in [-0.1, -0.05) is 6.07 Å². The highest BCUT2D eigenvalue weighted by atomic mass is 16.2. The predicted octanol–water partition coefficient (Wildman–Crippen LogP) is 1.50. The predicted molar refractivity (Wildman–Crippen MR) is 98.5 cm³/mol. The Morgan fingerprint density at radius 2 is 2.07 bits per heavy atom. The first-order chi connectivity index (χ1) is 13.2. The van der Waals surface area contributed by atoms with Crippen LogP contribution in [0.1, 0.15) is 45.3 Å². The van der Waals surface area contributed by atoms with Crippen LogP contribution in [0.4, 0.5) is 0 Å². The number of piperidine rings is 1. The molecule has 0 spiro atoms. The molecule has 0 aliphatic carbocycles. The molecule has 3 aromatic heterocycles. The zero-order chi connectivity index (χ0) is 18.8. The van der Waals surface area contributed by atoms with Gasteiger partial charge in [0.15, 0.2) is 5.65 Å². The summed E-state index contributed by atoms with van der Waals surface area (Å²) in [5.74, 6) is -0.156. The van der Waals surface area contributed by atoms with Crippen LogP contribution in [0.5, 0.6) is 0 Å². The smallest absolute Gasteiger partial charge is 0.272 e. The average Bonchev–Trinajstić information content (AvgIpc) is 3.17. The number of likely N-dealkylation sites (tertiary alicyclic amines) is 1. The van der Waals surface area contributed by atoms with Crippen LogP contribution in [0, 0.1) is 0 Å². The molecule has 1 saturated heterocycles. The maximum Gasteiger partial charge on any atom is 0.272 e. The molecule has 0 bridgehead atoms. The van der Waals surface area contributed by atoms with E-state index in [-0.39, 0.29) is 17.7 Å². The zero-order valence-electron chi connectivity index (χ0n) is 15.0. The van der Waals surface area contributed by atoms with Crippen molar-refractivity contribution in [2.45, 2.75) is 18.8 Å². The number of aromatic nitrogens is 4. The van der Waals surface area contributed by atoms with Gasteiger partial charge in [0.2, 0.25) is 0 Å². The minimum atomic E-state index is -0.217. The summed E-state index contributed by atoms with van der Waals surface area (Å²) in [5.41, 5.74) is 2.38. The molecule has 0 radical (unpaired) electrons. The van der Waals surface area contributed by atoms with E-state index in [0.29, 0.717) is 30.0 Å². The van der Waals surface area contributed by atoms with E-state index in [1.54, 1.807) is 36.1 Å². The molecule has 4 heterocycles. The maximum absolute atomic E-state index is 12.7. The Balaban J connectivity index is 1.63. The van der Waals surface area contributed by atoms with Crippen molar-refractivity contribution >= 4 is 17.5 Å². The van der Waals surface area contributed by atoms with Crippen molar-refractivity contribution in [2.24, 2.45) is 0 Å². The van der Waals surface area contributed by atoms with Crippen LogP contribution >= 0.6 is 0 Å². The number of hydrogen-bond donors (Lipinski definition) is 1. The fourth-order valence-electron chi connectivity index (χ4n) is 3.57. The molecular weight excluding hydrogens is 344 g/mol. The van der Waals surface area contributed by atoms with Crippen LogP contribution < -0.4 is 5.32 Å². The summed E-state index contributed by atoms with van der Waals surface area (Å²) < 4.78 is 1.71. The Morgan fingerprint density at radius 3 is 2.85 bits per heavy atom. The molecule has 2 amide bonds. The highest BCUT2D eigenvalue weighted by Gasteiger charge is 2.28. The summed E-state index contributed by atoms with van der Waals surface area (Å²) in [6, 6.07) is 7.26. The van der Waals surface area contributed by atoms with Gasteiger partial charge in [-0.3, -0.25) is 14.6 Å². The molecule has 8 nitrogen and oxygen atoms in total. The Kier molecular flexibility index (Phi) is 4.53. The number of nitrogens with one attached hydrogen (secondary N) is 1. The highest BCUT2D eigenvalue weighted by molar-refractivity contribution is 5.99. The van der Waals surface area contributed by atoms with Gasteiger partial charge in [0.1, 0.15) is 11.3 Å². The van der Waals surface area contributed by atoms with Gasteiger partial charge in [0.05, 0.1) is 11.9 Å². The largest absolute Gasteiger partial charge is 0.355 e. The topological polar surface area (TPSA) is 92.5 Å². The Bertz CT molecular complexity index is 984. The molecule has 0 saturated carbocycles. The second-order valence-electron chi connectivity index (χ2n) is 6.55. The molecule has 27 heavy (non-hydrogen) atoms. The van der Waals surface area contributed by atoms with E-state index in [1.165, 1.54) is 6.20 Å². The van der Waals surface area contributed by atoms with E-state index in [4.69, 9.17) is 0 Å². The van der Waals surface area contributed by atoms with Gasteiger partial charge in [-0.15, -0.1) is 0 Å². The zero-order valence-corrected chi connectivity index (χ0v) is 15.0. The third-order valence-electron chi connectivity index (χ3n) is 4.91. The van der Waals surface area contributed by atoms with Crippen LogP contribution in [-0.4, -0.2) is 56.4 Å². The normalized spacial score (nSPS) is 17.1. The van der Waals surface area contributed by atoms with Crippen molar-refractivity contribution in [1.82, 2.24) is 29.8 Å². The molecule has 0 unspecified atom stereocenters. The van der Waals surface area contributed by atoms with Crippen molar-refractivity contribution in [1.29, 1.82) is 0 Å². The lowest BCUT2D eigenvalue weighted by atomic mass is 9.94. The molecule has 0 aromatic carbocycles. The molecular formula is C19H20N6O2. The third kappa shape index (κ3) is 3.14. The number of rotatable bonds is 3. The number of hydrogen-bond acceptors (Lipinski definition) is 5. The van der Waals surface area contributed by atoms with Crippen molar-refractivity contribution in [2.75, 3.05) is 20.1 Å². The van der Waals surface area contributed by atoms with Gasteiger partial charge in [-0.25, -0.2) is 9.50 Å². The van der Waals surface area contributed by atoms with E-state index in [2.05, 4.69) is 20.4 Å². The van der Waals surface area contributed by atoms with Crippen LogP contribution in [0.3, 0.4) is 0 Å². The lowest BCUT2D eigenvalue weighted by molar-refractivity contribution is 0.0699. The minimum absolute atomic E-state index is 0.0582. The number of carbonyl (C=O) groups excluding carboxylic acids is 2. The van der Waals surface area contributed by atoms with Gasteiger partial charge in [-0.2, -0.15) is 5.10 Å². The van der Waals surface area contributed by atoms with Crippen LogP contribution in [0.2, 0.25) is 0 Å². The average molecular weight is 364 g/mol. The summed E-state index contributed by atoms with van der Waals surface area (Å²) in [7, 11) is 1.58. The monoisotopic (exact) mass is 364 g/mol. The molecule has 8 heteroatoms. The van der Waals surface area contributed by atoms with Crippen LogP contribution in [0.25, 0.3) is 5.65 Å². The SMILES string of the molecule is CNC(=O)c1cnn2c([C@H]3CCCN(C(=O)c4ccccn4)C3)ccnc12. The first-order valence-corrected chi connectivity index (χ1v) is 8.94. The number of amides is 2. The van der Waals surface area contributed by atoms with E-state index >= 15 is 0 Å². The number of pyridine rings is 1. The molecule has 3 aromatic rings. The number of carbonyl (C=O) groups is 2. The molecule has 138 valence electrons.